The van der Waals surface area contributed by atoms with E-state index in [4.69, 9.17) is 9.72 Å². The van der Waals surface area contributed by atoms with Crippen molar-refractivity contribution in [2.75, 3.05) is 19.5 Å². The van der Waals surface area contributed by atoms with Crippen molar-refractivity contribution in [3.63, 3.8) is 0 Å². The van der Waals surface area contributed by atoms with E-state index in [1.165, 1.54) is 29.7 Å². The van der Waals surface area contributed by atoms with E-state index < -0.39 is 22.3 Å². The molecule has 0 saturated heterocycles. The van der Waals surface area contributed by atoms with Gasteiger partial charge in [0.15, 0.2) is 0 Å². The van der Waals surface area contributed by atoms with Crippen molar-refractivity contribution in [2.45, 2.75) is 37.2 Å². The second kappa shape index (κ2) is 10.8. The van der Waals surface area contributed by atoms with E-state index in [0.29, 0.717) is 28.4 Å². The SMILES string of the molecule is COc1ccc(CN(C)S(=O)(=O)c2ccc(Nc3ccc(OC(F)(F)F)nc3)c(-c3cn4c(n3)CCC4)c2)cc1. The molecule has 3 heterocycles. The molecule has 0 radical (unpaired) electrons. The number of nitrogens with one attached hydrogen (secondary N) is 1. The van der Waals surface area contributed by atoms with E-state index in [9.17, 15) is 21.6 Å². The monoisotopic (exact) mass is 573 g/mol. The number of hydrogen-bond acceptors (Lipinski definition) is 7. The first kappa shape index (κ1) is 27.5. The summed E-state index contributed by atoms with van der Waals surface area (Å²) in [5, 5.41) is 3.12. The number of hydrogen-bond donors (Lipinski definition) is 1. The van der Waals surface area contributed by atoms with Gasteiger partial charge < -0.3 is 19.4 Å². The normalized spacial score (nSPS) is 13.3. The minimum atomic E-state index is -4.85. The van der Waals surface area contributed by atoms with Crippen LogP contribution in [0.5, 0.6) is 11.6 Å². The van der Waals surface area contributed by atoms with Gasteiger partial charge >= 0.3 is 6.36 Å². The van der Waals surface area contributed by atoms with Crippen molar-refractivity contribution in [3.8, 4) is 22.9 Å². The number of anilines is 2. The van der Waals surface area contributed by atoms with Crippen LogP contribution in [0.2, 0.25) is 0 Å². The lowest BCUT2D eigenvalue weighted by Crippen LogP contribution is -2.26. The highest BCUT2D eigenvalue weighted by atomic mass is 32.2. The zero-order valence-corrected chi connectivity index (χ0v) is 22.5. The molecule has 0 spiro atoms. The summed E-state index contributed by atoms with van der Waals surface area (Å²) in [5.41, 5.74) is 2.80. The van der Waals surface area contributed by atoms with Crippen molar-refractivity contribution in [3.05, 3.63) is 78.4 Å². The fraction of sp³-hybridized carbons (Fsp3) is 0.259. The lowest BCUT2D eigenvalue weighted by Gasteiger charge is -2.19. The van der Waals surface area contributed by atoms with Crippen molar-refractivity contribution < 1.29 is 31.1 Å². The Morgan fingerprint density at radius 2 is 1.88 bits per heavy atom. The van der Waals surface area contributed by atoms with Crippen molar-refractivity contribution in [2.24, 2.45) is 0 Å². The van der Waals surface area contributed by atoms with Crippen LogP contribution in [0.25, 0.3) is 11.3 Å². The van der Waals surface area contributed by atoms with Gasteiger partial charge in [-0.1, -0.05) is 12.1 Å². The second-order valence-electron chi connectivity index (χ2n) is 9.21. The van der Waals surface area contributed by atoms with Crippen LogP contribution in [-0.2, 0) is 29.5 Å². The van der Waals surface area contributed by atoms with Crippen molar-refractivity contribution >= 4 is 21.4 Å². The first-order valence-electron chi connectivity index (χ1n) is 12.3. The topological polar surface area (TPSA) is 98.6 Å². The molecule has 13 heteroatoms. The summed E-state index contributed by atoms with van der Waals surface area (Å²) in [5.74, 6) is 0.984. The van der Waals surface area contributed by atoms with Crippen LogP contribution < -0.4 is 14.8 Å². The fourth-order valence-corrected chi connectivity index (χ4v) is 5.62. The zero-order valence-electron chi connectivity index (χ0n) is 21.6. The minimum absolute atomic E-state index is 0.0734. The molecule has 4 aromatic rings. The lowest BCUT2D eigenvalue weighted by atomic mass is 10.1. The number of imidazole rings is 1. The standard InChI is InChI=1S/C27H26F3N5O4S/c1-34(16-18-5-8-20(38-2)9-6-18)40(36,37)21-10-11-23(22(14-21)24-17-35-13-3-4-25(35)33-24)32-19-7-12-26(31-15-19)39-27(28,29)30/h5-12,14-15,17,32H,3-4,13,16H2,1-2H3. The van der Waals surface area contributed by atoms with Crippen LogP contribution >= 0.6 is 0 Å². The minimum Gasteiger partial charge on any atom is -0.497 e. The summed E-state index contributed by atoms with van der Waals surface area (Å²) in [4.78, 5) is 8.48. The first-order valence-corrected chi connectivity index (χ1v) is 13.7. The molecule has 40 heavy (non-hydrogen) atoms. The molecule has 0 unspecified atom stereocenters. The molecule has 210 valence electrons. The van der Waals surface area contributed by atoms with Gasteiger partial charge in [-0.25, -0.2) is 18.4 Å². The molecular weight excluding hydrogens is 547 g/mol. The number of alkyl halides is 3. The van der Waals surface area contributed by atoms with Gasteiger partial charge in [-0.15, -0.1) is 13.2 Å². The van der Waals surface area contributed by atoms with E-state index in [-0.39, 0.29) is 11.4 Å². The van der Waals surface area contributed by atoms with E-state index in [1.807, 2.05) is 10.8 Å². The van der Waals surface area contributed by atoms with Gasteiger partial charge in [-0.05, 0) is 48.4 Å². The Labute approximate surface area is 229 Å². The molecule has 0 atom stereocenters. The molecule has 0 amide bonds. The van der Waals surface area contributed by atoms with Crippen LogP contribution in [0, 0.1) is 0 Å². The predicted molar refractivity (Wildman–Crippen MR) is 142 cm³/mol. The van der Waals surface area contributed by atoms with Crippen LogP contribution in [-0.4, -0.2) is 47.8 Å². The summed E-state index contributed by atoms with van der Waals surface area (Å²) in [6, 6.07) is 14.2. The molecule has 0 bridgehead atoms. The quantitative estimate of drug-likeness (QED) is 0.288. The Morgan fingerprint density at radius 3 is 2.52 bits per heavy atom. The van der Waals surface area contributed by atoms with Gasteiger partial charge in [0.1, 0.15) is 11.6 Å². The highest BCUT2D eigenvalue weighted by Crippen LogP contribution is 2.34. The number of sulfonamides is 1. The molecule has 2 aromatic carbocycles. The molecule has 0 saturated carbocycles. The Morgan fingerprint density at radius 1 is 1.10 bits per heavy atom. The number of fused-ring (bicyclic) bond motifs is 1. The van der Waals surface area contributed by atoms with E-state index in [2.05, 4.69) is 15.0 Å². The van der Waals surface area contributed by atoms with Gasteiger partial charge in [0.25, 0.3) is 0 Å². The summed E-state index contributed by atoms with van der Waals surface area (Å²) in [7, 11) is -0.820. The first-order chi connectivity index (χ1) is 19.0. The Bertz CT molecular complexity index is 1580. The summed E-state index contributed by atoms with van der Waals surface area (Å²) >= 11 is 0. The number of pyridine rings is 1. The van der Waals surface area contributed by atoms with Gasteiger partial charge in [-0.3, -0.25) is 0 Å². The lowest BCUT2D eigenvalue weighted by molar-refractivity contribution is -0.276. The molecular formula is C27H26F3N5O4S. The number of methoxy groups -OCH3 is 1. The van der Waals surface area contributed by atoms with Crippen molar-refractivity contribution in [1.82, 2.24) is 18.8 Å². The largest absolute Gasteiger partial charge is 0.574 e. The highest BCUT2D eigenvalue weighted by Gasteiger charge is 2.31. The van der Waals surface area contributed by atoms with Gasteiger partial charge in [0, 0.05) is 50.1 Å². The van der Waals surface area contributed by atoms with Gasteiger partial charge in [0.05, 0.1) is 29.6 Å². The van der Waals surface area contributed by atoms with Crippen LogP contribution in [0.1, 0.15) is 17.8 Å². The van der Waals surface area contributed by atoms with Crippen LogP contribution in [0.15, 0.2) is 71.9 Å². The Balaban J connectivity index is 1.45. The summed E-state index contributed by atoms with van der Waals surface area (Å²) in [6.07, 6.45) is 0.0227. The number of nitrogens with zero attached hydrogens (tertiary/aromatic N) is 4. The number of ether oxygens (including phenoxy) is 2. The maximum atomic E-state index is 13.5. The van der Waals surface area contributed by atoms with Gasteiger partial charge in [-0.2, -0.15) is 4.31 Å². The van der Waals surface area contributed by atoms with E-state index >= 15 is 0 Å². The maximum Gasteiger partial charge on any atom is 0.574 e. The van der Waals surface area contributed by atoms with Crippen LogP contribution in [0.4, 0.5) is 24.5 Å². The Kier molecular flexibility index (Phi) is 7.43. The maximum absolute atomic E-state index is 13.5. The average molecular weight is 574 g/mol. The molecule has 1 aliphatic heterocycles. The molecule has 1 N–H and O–H groups in total. The fourth-order valence-electron chi connectivity index (χ4n) is 4.43. The number of aromatic nitrogens is 3. The molecule has 2 aromatic heterocycles. The predicted octanol–water partition coefficient (Wildman–Crippen LogP) is 5.36. The molecule has 9 nitrogen and oxygen atoms in total. The molecule has 0 fully saturated rings. The third kappa shape index (κ3) is 6.05. The number of halogens is 3. The molecule has 5 rings (SSSR count). The highest BCUT2D eigenvalue weighted by molar-refractivity contribution is 7.89. The number of benzene rings is 2. The van der Waals surface area contributed by atoms with E-state index in [0.717, 1.165) is 36.8 Å². The van der Waals surface area contributed by atoms with E-state index in [1.54, 1.807) is 43.5 Å². The van der Waals surface area contributed by atoms with Crippen molar-refractivity contribution in [1.29, 1.82) is 0 Å². The number of aryl methyl sites for hydroxylation is 2. The third-order valence-electron chi connectivity index (χ3n) is 6.43. The smallest absolute Gasteiger partial charge is 0.497 e. The number of rotatable bonds is 9. The van der Waals surface area contributed by atoms with Gasteiger partial charge in [0.2, 0.25) is 15.9 Å². The third-order valence-corrected chi connectivity index (χ3v) is 8.23. The Hall–Kier alpha value is -4.10. The summed E-state index contributed by atoms with van der Waals surface area (Å²) < 4.78 is 76.9. The molecule has 1 aliphatic rings. The average Bonchev–Trinajstić information content (AvgIpc) is 3.52. The second-order valence-corrected chi connectivity index (χ2v) is 11.3. The molecule has 0 aliphatic carbocycles. The summed E-state index contributed by atoms with van der Waals surface area (Å²) in [6.45, 7) is 0.969. The zero-order chi connectivity index (χ0) is 28.5. The van der Waals surface area contributed by atoms with Crippen LogP contribution in [0.3, 0.4) is 0 Å².